The maximum absolute atomic E-state index is 8.98. The quantitative estimate of drug-likeness (QED) is 0.533. The van der Waals surface area contributed by atoms with E-state index in [9.17, 15) is 0 Å². The zero-order valence-electron chi connectivity index (χ0n) is 6.00. The van der Waals surface area contributed by atoms with Crippen LogP contribution in [0, 0.1) is 5.92 Å². The van der Waals surface area contributed by atoms with Crippen molar-refractivity contribution < 1.29 is 9.84 Å². The average Bonchev–Trinajstić information content (AvgIpc) is 1.80. The third kappa shape index (κ3) is 1.66. The molecule has 3 atom stereocenters. The van der Waals surface area contributed by atoms with Crippen LogP contribution in [0.5, 0.6) is 0 Å². The SMILES string of the molecule is CC1OC(O)CC[C@@H]1C. The molecule has 0 spiro atoms. The molecule has 0 saturated carbocycles. The van der Waals surface area contributed by atoms with Gasteiger partial charge < -0.3 is 9.84 Å². The van der Waals surface area contributed by atoms with Crippen LogP contribution in [0.4, 0.5) is 0 Å². The van der Waals surface area contributed by atoms with E-state index in [4.69, 9.17) is 9.84 Å². The molecule has 1 aliphatic heterocycles. The molecule has 0 aliphatic carbocycles. The number of aliphatic hydroxyl groups is 1. The molecule has 0 amide bonds. The standard InChI is InChI=1S/C7H14O2/c1-5-3-4-7(8)9-6(5)2/h5-8H,3-4H2,1-2H3/t5-,6?,7?/m0/s1. The Labute approximate surface area is 55.8 Å². The number of hydrogen-bond donors (Lipinski definition) is 1. The zero-order valence-corrected chi connectivity index (χ0v) is 6.00. The van der Waals surface area contributed by atoms with Gasteiger partial charge in [-0.05, 0) is 25.7 Å². The first-order valence-electron chi connectivity index (χ1n) is 3.53. The molecule has 1 rings (SSSR count). The molecule has 0 bridgehead atoms. The van der Waals surface area contributed by atoms with E-state index in [1.54, 1.807) is 0 Å². The topological polar surface area (TPSA) is 29.5 Å². The van der Waals surface area contributed by atoms with Crippen molar-refractivity contribution in [3.63, 3.8) is 0 Å². The van der Waals surface area contributed by atoms with E-state index in [0.29, 0.717) is 5.92 Å². The van der Waals surface area contributed by atoms with Crippen LogP contribution in [0.1, 0.15) is 26.7 Å². The van der Waals surface area contributed by atoms with Crippen LogP contribution in [0.3, 0.4) is 0 Å². The smallest absolute Gasteiger partial charge is 0.154 e. The van der Waals surface area contributed by atoms with Gasteiger partial charge in [0.05, 0.1) is 6.10 Å². The maximum atomic E-state index is 8.98. The summed E-state index contributed by atoms with van der Waals surface area (Å²) in [5.41, 5.74) is 0. The Bertz CT molecular complexity index is 92.9. The fourth-order valence-electron chi connectivity index (χ4n) is 1.09. The number of ether oxygens (including phenoxy) is 1. The molecule has 0 aromatic heterocycles. The fourth-order valence-corrected chi connectivity index (χ4v) is 1.09. The van der Waals surface area contributed by atoms with Crippen LogP contribution >= 0.6 is 0 Å². The van der Waals surface area contributed by atoms with Gasteiger partial charge in [-0.15, -0.1) is 0 Å². The van der Waals surface area contributed by atoms with E-state index in [1.165, 1.54) is 0 Å². The van der Waals surface area contributed by atoms with Crippen molar-refractivity contribution in [3.05, 3.63) is 0 Å². The average molecular weight is 130 g/mol. The minimum atomic E-state index is -0.504. The van der Waals surface area contributed by atoms with Crippen molar-refractivity contribution in [1.82, 2.24) is 0 Å². The summed E-state index contributed by atoms with van der Waals surface area (Å²) in [5.74, 6) is 0.605. The normalized spacial score (nSPS) is 45.0. The van der Waals surface area contributed by atoms with Crippen molar-refractivity contribution in [2.45, 2.75) is 39.1 Å². The first-order valence-corrected chi connectivity index (χ1v) is 3.53. The third-order valence-electron chi connectivity index (χ3n) is 2.04. The second kappa shape index (κ2) is 2.67. The van der Waals surface area contributed by atoms with Gasteiger partial charge in [0.25, 0.3) is 0 Å². The van der Waals surface area contributed by atoms with Gasteiger partial charge in [-0.2, -0.15) is 0 Å². The molecule has 1 fully saturated rings. The monoisotopic (exact) mass is 130 g/mol. The molecule has 2 unspecified atom stereocenters. The summed E-state index contributed by atoms with van der Waals surface area (Å²) in [5, 5.41) is 8.98. The van der Waals surface area contributed by atoms with E-state index in [0.717, 1.165) is 12.8 Å². The molecule has 1 N–H and O–H groups in total. The summed E-state index contributed by atoms with van der Waals surface area (Å²) >= 11 is 0. The summed E-state index contributed by atoms with van der Waals surface area (Å²) in [6.07, 6.45) is 1.61. The van der Waals surface area contributed by atoms with Gasteiger partial charge in [-0.1, -0.05) is 6.92 Å². The Morgan fingerprint density at radius 3 is 2.44 bits per heavy atom. The highest BCUT2D eigenvalue weighted by Gasteiger charge is 2.22. The van der Waals surface area contributed by atoms with E-state index < -0.39 is 6.29 Å². The number of hydrogen-bond acceptors (Lipinski definition) is 2. The lowest BCUT2D eigenvalue weighted by molar-refractivity contribution is -0.173. The third-order valence-corrected chi connectivity index (χ3v) is 2.04. The predicted octanol–water partition coefficient (Wildman–Crippen LogP) is 1.14. The number of aliphatic hydroxyl groups excluding tert-OH is 1. The first-order chi connectivity index (χ1) is 4.20. The van der Waals surface area contributed by atoms with Gasteiger partial charge >= 0.3 is 0 Å². The second-order valence-corrected chi connectivity index (χ2v) is 2.85. The van der Waals surface area contributed by atoms with Crippen molar-refractivity contribution in [2.75, 3.05) is 0 Å². The van der Waals surface area contributed by atoms with Gasteiger partial charge in [0.2, 0.25) is 0 Å². The second-order valence-electron chi connectivity index (χ2n) is 2.85. The lowest BCUT2D eigenvalue weighted by Crippen LogP contribution is -2.31. The van der Waals surface area contributed by atoms with E-state index in [1.807, 2.05) is 6.92 Å². The molecule has 1 aliphatic rings. The molecular weight excluding hydrogens is 116 g/mol. The Morgan fingerprint density at radius 1 is 1.33 bits per heavy atom. The Balaban J connectivity index is 2.35. The van der Waals surface area contributed by atoms with Gasteiger partial charge in [0.1, 0.15) is 0 Å². The van der Waals surface area contributed by atoms with Crippen LogP contribution in [-0.2, 0) is 4.74 Å². The van der Waals surface area contributed by atoms with Crippen LogP contribution in [0.25, 0.3) is 0 Å². The van der Waals surface area contributed by atoms with Crippen LogP contribution in [-0.4, -0.2) is 17.5 Å². The summed E-state index contributed by atoms with van der Waals surface area (Å²) in [7, 11) is 0. The van der Waals surface area contributed by atoms with E-state index in [-0.39, 0.29) is 6.10 Å². The summed E-state index contributed by atoms with van der Waals surface area (Å²) < 4.78 is 5.15. The predicted molar refractivity (Wildman–Crippen MR) is 35.0 cm³/mol. The van der Waals surface area contributed by atoms with Gasteiger partial charge in [0, 0.05) is 0 Å². The molecule has 2 heteroatoms. The van der Waals surface area contributed by atoms with E-state index >= 15 is 0 Å². The minimum absolute atomic E-state index is 0.230. The highest BCUT2D eigenvalue weighted by molar-refractivity contribution is 4.67. The lowest BCUT2D eigenvalue weighted by Gasteiger charge is -2.29. The Hall–Kier alpha value is -0.0800. The van der Waals surface area contributed by atoms with Crippen molar-refractivity contribution in [3.8, 4) is 0 Å². The maximum Gasteiger partial charge on any atom is 0.154 e. The lowest BCUT2D eigenvalue weighted by atomic mass is 9.97. The van der Waals surface area contributed by atoms with Crippen LogP contribution in [0.2, 0.25) is 0 Å². The van der Waals surface area contributed by atoms with Crippen LogP contribution < -0.4 is 0 Å². The highest BCUT2D eigenvalue weighted by atomic mass is 16.6. The fraction of sp³-hybridized carbons (Fsp3) is 1.00. The zero-order chi connectivity index (χ0) is 6.85. The molecular formula is C7H14O2. The molecule has 54 valence electrons. The largest absolute Gasteiger partial charge is 0.368 e. The summed E-state index contributed by atoms with van der Waals surface area (Å²) in [6, 6.07) is 0. The molecule has 1 saturated heterocycles. The highest BCUT2D eigenvalue weighted by Crippen LogP contribution is 2.22. The summed E-state index contributed by atoms with van der Waals surface area (Å²) in [6.45, 7) is 4.16. The molecule has 2 nitrogen and oxygen atoms in total. The van der Waals surface area contributed by atoms with E-state index in [2.05, 4.69) is 6.92 Å². The number of rotatable bonds is 0. The molecule has 0 aromatic carbocycles. The Kier molecular flexibility index (Phi) is 2.09. The van der Waals surface area contributed by atoms with Crippen LogP contribution in [0.15, 0.2) is 0 Å². The molecule has 9 heavy (non-hydrogen) atoms. The molecule has 1 heterocycles. The Morgan fingerprint density at radius 2 is 2.00 bits per heavy atom. The van der Waals surface area contributed by atoms with Crippen molar-refractivity contribution in [1.29, 1.82) is 0 Å². The molecule has 0 radical (unpaired) electrons. The van der Waals surface area contributed by atoms with Crippen molar-refractivity contribution in [2.24, 2.45) is 5.92 Å². The molecule has 0 aromatic rings. The van der Waals surface area contributed by atoms with Gasteiger partial charge in [0.15, 0.2) is 6.29 Å². The minimum Gasteiger partial charge on any atom is -0.368 e. The van der Waals surface area contributed by atoms with Crippen molar-refractivity contribution >= 4 is 0 Å². The first kappa shape index (κ1) is 7.03. The summed E-state index contributed by atoms with van der Waals surface area (Å²) in [4.78, 5) is 0. The van der Waals surface area contributed by atoms with Gasteiger partial charge in [-0.25, -0.2) is 0 Å². The van der Waals surface area contributed by atoms with Gasteiger partial charge in [-0.3, -0.25) is 0 Å².